The second-order valence-electron chi connectivity index (χ2n) is 4.11. The second-order valence-corrected chi connectivity index (χ2v) is 4.11. The lowest BCUT2D eigenvalue weighted by atomic mass is 10.1. The Balaban J connectivity index is 1.92. The second kappa shape index (κ2) is 6.80. The van der Waals surface area contributed by atoms with E-state index in [1.807, 2.05) is 6.92 Å². The van der Waals surface area contributed by atoms with Crippen LogP contribution in [-0.4, -0.2) is 37.4 Å². The minimum absolute atomic E-state index is 0.0606. The summed E-state index contributed by atoms with van der Waals surface area (Å²) in [6.45, 7) is 3.70. The molecule has 1 aliphatic carbocycles. The summed E-state index contributed by atoms with van der Waals surface area (Å²) in [4.78, 5) is 11.5. The van der Waals surface area contributed by atoms with Crippen LogP contribution in [0.4, 0.5) is 0 Å². The van der Waals surface area contributed by atoms with Crippen molar-refractivity contribution in [2.24, 2.45) is 11.8 Å². The highest BCUT2D eigenvalue weighted by Crippen LogP contribution is 2.36. The Morgan fingerprint density at radius 1 is 1.53 bits per heavy atom. The number of ether oxygens (including phenoxy) is 1. The van der Waals surface area contributed by atoms with E-state index < -0.39 is 0 Å². The Bertz CT molecular complexity index is 192. The molecular formula is C11H21NO3. The van der Waals surface area contributed by atoms with Crippen LogP contribution in [0.5, 0.6) is 0 Å². The third-order valence-electron chi connectivity index (χ3n) is 2.74. The number of rotatable bonds is 8. The van der Waals surface area contributed by atoms with Gasteiger partial charge < -0.3 is 15.2 Å². The van der Waals surface area contributed by atoms with Gasteiger partial charge in [-0.2, -0.15) is 0 Å². The van der Waals surface area contributed by atoms with Gasteiger partial charge in [-0.25, -0.2) is 0 Å². The molecule has 0 aliphatic heterocycles. The number of carbonyl (C=O) groups excluding carboxylic acids is 1. The van der Waals surface area contributed by atoms with Gasteiger partial charge in [0, 0.05) is 19.1 Å². The summed E-state index contributed by atoms with van der Waals surface area (Å²) in [5.41, 5.74) is 0. The Labute approximate surface area is 91.0 Å². The smallest absolute Gasteiger partial charge is 0.223 e. The first-order chi connectivity index (χ1) is 7.25. The molecule has 15 heavy (non-hydrogen) atoms. The molecule has 0 radical (unpaired) electrons. The average molecular weight is 215 g/mol. The molecule has 0 spiro atoms. The molecule has 0 saturated heterocycles. The van der Waals surface area contributed by atoms with Crippen molar-refractivity contribution in [1.29, 1.82) is 0 Å². The maximum absolute atomic E-state index is 11.5. The fourth-order valence-corrected chi connectivity index (χ4v) is 1.52. The van der Waals surface area contributed by atoms with Crippen LogP contribution in [0, 0.1) is 11.8 Å². The van der Waals surface area contributed by atoms with Gasteiger partial charge in [-0.05, 0) is 25.2 Å². The standard InChI is InChI=1S/C11H21NO3/c1-9(10-3-4-10)11(14)12-5-2-7-15-8-6-13/h9-10,13H,2-8H2,1H3,(H,12,14). The Kier molecular flexibility index (Phi) is 5.65. The lowest BCUT2D eigenvalue weighted by Crippen LogP contribution is -2.31. The average Bonchev–Trinajstić information content (AvgIpc) is 3.05. The van der Waals surface area contributed by atoms with Crippen molar-refractivity contribution in [3.05, 3.63) is 0 Å². The van der Waals surface area contributed by atoms with Crippen molar-refractivity contribution >= 4 is 5.91 Å². The van der Waals surface area contributed by atoms with Crippen LogP contribution >= 0.6 is 0 Å². The van der Waals surface area contributed by atoms with E-state index in [-0.39, 0.29) is 18.4 Å². The third kappa shape index (κ3) is 5.14. The zero-order valence-corrected chi connectivity index (χ0v) is 9.37. The maximum atomic E-state index is 11.5. The Morgan fingerprint density at radius 2 is 2.27 bits per heavy atom. The molecule has 0 aromatic heterocycles. The number of carbonyl (C=O) groups is 1. The van der Waals surface area contributed by atoms with Gasteiger partial charge in [-0.1, -0.05) is 6.92 Å². The van der Waals surface area contributed by atoms with Crippen molar-refractivity contribution in [3.8, 4) is 0 Å². The van der Waals surface area contributed by atoms with Crippen LogP contribution in [0.15, 0.2) is 0 Å². The molecule has 88 valence electrons. The SMILES string of the molecule is CC(C(=O)NCCCOCCO)C1CC1. The highest BCUT2D eigenvalue weighted by molar-refractivity contribution is 5.78. The largest absolute Gasteiger partial charge is 0.394 e. The summed E-state index contributed by atoms with van der Waals surface area (Å²) in [5, 5.41) is 11.4. The van der Waals surface area contributed by atoms with Crippen molar-refractivity contribution in [3.63, 3.8) is 0 Å². The molecule has 4 nitrogen and oxygen atoms in total. The minimum atomic E-state index is 0.0606. The number of nitrogens with one attached hydrogen (secondary N) is 1. The van der Waals surface area contributed by atoms with Gasteiger partial charge in [-0.15, -0.1) is 0 Å². The van der Waals surface area contributed by atoms with Crippen molar-refractivity contribution in [1.82, 2.24) is 5.32 Å². The van der Waals surface area contributed by atoms with Gasteiger partial charge in [-0.3, -0.25) is 4.79 Å². The lowest BCUT2D eigenvalue weighted by molar-refractivity contribution is -0.125. The number of hydrogen-bond donors (Lipinski definition) is 2. The molecular weight excluding hydrogens is 194 g/mol. The molecule has 1 fully saturated rings. The van der Waals surface area contributed by atoms with Crippen molar-refractivity contribution in [2.45, 2.75) is 26.2 Å². The molecule has 1 aliphatic rings. The lowest BCUT2D eigenvalue weighted by Gasteiger charge is -2.10. The minimum Gasteiger partial charge on any atom is -0.394 e. The monoisotopic (exact) mass is 215 g/mol. The van der Waals surface area contributed by atoms with E-state index in [1.54, 1.807) is 0 Å². The quantitative estimate of drug-likeness (QED) is 0.581. The van der Waals surface area contributed by atoms with Crippen LogP contribution in [0.3, 0.4) is 0 Å². The van der Waals surface area contributed by atoms with Gasteiger partial charge in [0.25, 0.3) is 0 Å². The fraction of sp³-hybridized carbons (Fsp3) is 0.909. The molecule has 1 rings (SSSR count). The summed E-state index contributed by atoms with van der Waals surface area (Å²) in [5.74, 6) is 0.957. The first-order valence-electron chi connectivity index (χ1n) is 5.72. The van der Waals surface area contributed by atoms with Gasteiger partial charge in [0.15, 0.2) is 0 Å². The van der Waals surface area contributed by atoms with E-state index in [1.165, 1.54) is 12.8 Å². The molecule has 1 saturated carbocycles. The van der Waals surface area contributed by atoms with Gasteiger partial charge in [0.05, 0.1) is 13.2 Å². The Morgan fingerprint density at radius 3 is 2.87 bits per heavy atom. The van der Waals surface area contributed by atoms with Gasteiger partial charge in [0.1, 0.15) is 0 Å². The highest BCUT2D eigenvalue weighted by Gasteiger charge is 2.32. The van der Waals surface area contributed by atoms with E-state index in [9.17, 15) is 4.79 Å². The van der Waals surface area contributed by atoms with Crippen molar-refractivity contribution in [2.75, 3.05) is 26.4 Å². The first-order valence-corrected chi connectivity index (χ1v) is 5.72. The molecule has 1 unspecified atom stereocenters. The summed E-state index contributed by atoms with van der Waals surface area (Å²) in [7, 11) is 0. The maximum Gasteiger partial charge on any atom is 0.223 e. The Hall–Kier alpha value is -0.610. The van der Waals surface area contributed by atoms with E-state index in [0.29, 0.717) is 25.7 Å². The summed E-state index contributed by atoms with van der Waals surface area (Å²) < 4.78 is 5.08. The number of hydrogen-bond acceptors (Lipinski definition) is 3. The molecule has 0 aromatic rings. The third-order valence-corrected chi connectivity index (χ3v) is 2.74. The zero-order chi connectivity index (χ0) is 11.1. The van der Waals surface area contributed by atoms with Crippen molar-refractivity contribution < 1.29 is 14.6 Å². The molecule has 2 N–H and O–H groups in total. The first kappa shape index (κ1) is 12.5. The number of amides is 1. The van der Waals surface area contributed by atoms with Crippen LogP contribution < -0.4 is 5.32 Å². The molecule has 0 bridgehead atoms. The molecule has 0 aromatic carbocycles. The van der Waals surface area contributed by atoms with E-state index in [2.05, 4.69) is 5.32 Å². The van der Waals surface area contributed by atoms with E-state index >= 15 is 0 Å². The predicted molar refractivity (Wildman–Crippen MR) is 57.4 cm³/mol. The van der Waals surface area contributed by atoms with E-state index in [0.717, 1.165) is 6.42 Å². The fourth-order valence-electron chi connectivity index (χ4n) is 1.52. The van der Waals surface area contributed by atoms with Crippen LogP contribution in [-0.2, 0) is 9.53 Å². The molecule has 0 heterocycles. The summed E-state index contributed by atoms with van der Waals surface area (Å²) in [6, 6.07) is 0. The summed E-state index contributed by atoms with van der Waals surface area (Å²) >= 11 is 0. The highest BCUT2D eigenvalue weighted by atomic mass is 16.5. The zero-order valence-electron chi connectivity index (χ0n) is 9.37. The van der Waals surface area contributed by atoms with Crippen LogP contribution in [0.25, 0.3) is 0 Å². The van der Waals surface area contributed by atoms with Gasteiger partial charge >= 0.3 is 0 Å². The van der Waals surface area contributed by atoms with E-state index in [4.69, 9.17) is 9.84 Å². The van der Waals surface area contributed by atoms with Gasteiger partial charge in [0.2, 0.25) is 5.91 Å². The summed E-state index contributed by atoms with van der Waals surface area (Å²) in [6.07, 6.45) is 3.21. The molecule has 4 heteroatoms. The molecule has 1 amide bonds. The normalized spacial score (nSPS) is 17.5. The number of aliphatic hydroxyl groups is 1. The van der Waals surface area contributed by atoms with Crippen LogP contribution in [0.1, 0.15) is 26.2 Å². The predicted octanol–water partition coefficient (Wildman–Crippen LogP) is 0.548. The number of aliphatic hydroxyl groups excluding tert-OH is 1. The van der Waals surface area contributed by atoms with Crippen LogP contribution in [0.2, 0.25) is 0 Å². The molecule has 1 atom stereocenters. The topological polar surface area (TPSA) is 58.6 Å².